The van der Waals surface area contributed by atoms with Crippen LogP contribution in [-0.2, 0) is 0 Å². The molecule has 0 aliphatic rings. The van der Waals surface area contributed by atoms with Gasteiger partial charge in [0.15, 0.2) is 0 Å². The van der Waals surface area contributed by atoms with Gasteiger partial charge in [-0.3, -0.25) is 4.98 Å². The smallest absolute Gasteiger partial charge is 0.445 e. The number of rotatable bonds is 1. The van der Waals surface area contributed by atoms with E-state index >= 15 is 0 Å². The minimum absolute atomic E-state index is 0. The van der Waals surface area contributed by atoms with Crippen molar-refractivity contribution in [3.8, 4) is 0 Å². The third-order valence-electron chi connectivity index (χ3n) is 1.48. The van der Waals surface area contributed by atoms with Crippen molar-refractivity contribution in [3.05, 3.63) is 23.5 Å². The molecule has 1 aromatic rings. The van der Waals surface area contributed by atoms with Crippen LogP contribution < -0.4 is 56.8 Å². The van der Waals surface area contributed by atoms with Crippen LogP contribution in [0.4, 0.5) is 12.9 Å². The SMILES string of the molecule is Cc1cc([B-](F)(F)F)cc(C)n1.[K+]. The number of aromatic nitrogens is 1. The zero-order valence-electron chi connectivity index (χ0n) is 7.81. The average molecular weight is 213 g/mol. The second kappa shape index (κ2) is 4.93. The number of aryl methyl sites for hydroxylation is 2. The third-order valence-corrected chi connectivity index (χ3v) is 1.48. The van der Waals surface area contributed by atoms with E-state index in [1.807, 2.05) is 0 Å². The Morgan fingerprint density at radius 3 is 1.77 bits per heavy atom. The van der Waals surface area contributed by atoms with Crippen LogP contribution in [0.3, 0.4) is 0 Å². The van der Waals surface area contributed by atoms with Crippen LogP contribution in [0.2, 0.25) is 0 Å². The fourth-order valence-corrected chi connectivity index (χ4v) is 1.06. The van der Waals surface area contributed by atoms with Crippen molar-refractivity contribution in [3.63, 3.8) is 0 Å². The Kier molecular flexibility index (Phi) is 5.17. The van der Waals surface area contributed by atoms with Gasteiger partial charge >= 0.3 is 58.4 Å². The maximum absolute atomic E-state index is 12.2. The minimum Gasteiger partial charge on any atom is -0.445 e. The Bertz CT molecular complexity index is 280. The van der Waals surface area contributed by atoms with Gasteiger partial charge in [0.2, 0.25) is 0 Å². The number of pyridine rings is 1. The summed E-state index contributed by atoms with van der Waals surface area (Å²) in [4.78, 5) is 3.86. The fourth-order valence-electron chi connectivity index (χ4n) is 1.06. The molecular formula is C7H8BF3KN. The van der Waals surface area contributed by atoms with Crippen molar-refractivity contribution in [2.24, 2.45) is 0 Å². The largest absolute Gasteiger partial charge is 1.00 e. The van der Waals surface area contributed by atoms with Crippen LogP contribution in [0.25, 0.3) is 0 Å². The number of hydrogen-bond donors (Lipinski definition) is 0. The molecule has 0 aliphatic heterocycles. The van der Waals surface area contributed by atoms with E-state index in [9.17, 15) is 12.9 Å². The summed E-state index contributed by atoms with van der Waals surface area (Å²) < 4.78 is 36.5. The molecule has 0 saturated carbocycles. The number of hydrogen-bond acceptors (Lipinski definition) is 1. The topological polar surface area (TPSA) is 12.9 Å². The first-order valence-corrected chi connectivity index (χ1v) is 3.55. The van der Waals surface area contributed by atoms with Crippen LogP contribution in [0, 0.1) is 13.8 Å². The maximum atomic E-state index is 12.2. The Labute approximate surface area is 118 Å². The van der Waals surface area contributed by atoms with Crippen LogP contribution in [0.5, 0.6) is 0 Å². The monoisotopic (exact) mass is 213 g/mol. The molecule has 0 N–H and O–H groups in total. The van der Waals surface area contributed by atoms with Gasteiger partial charge in [-0.2, -0.15) is 0 Å². The van der Waals surface area contributed by atoms with Gasteiger partial charge in [0, 0.05) is 11.4 Å². The maximum Gasteiger partial charge on any atom is 1.00 e. The first-order valence-electron chi connectivity index (χ1n) is 3.55. The normalized spacial score (nSPS) is 10.8. The molecule has 6 heteroatoms. The molecule has 0 spiro atoms. The average Bonchev–Trinajstić information content (AvgIpc) is 1.82. The molecular weight excluding hydrogens is 205 g/mol. The van der Waals surface area contributed by atoms with Crippen molar-refractivity contribution >= 4 is 12.4 Å². The van der Waals surface area contributed by atoms with E-state index in [1.165, 1.54) is 0 Å². The van der Waals surface area contributed by atoms with Crippen molar-refractivity contribution < 1.29 is 64.3 Å². The first-order chi connectivity index (χ1) is 5.39. The first kappa shape index (κ1) is 13.6. The Morgan fingerprint density at radius 1 is 1.08 bits per heavy atom. The molecule has 0 aliphatic carbocycles. The predicted octanol–water partition coefficient (Wildman–Crippen LogP) is -1.24. The van der Waals surface area contributed by atoms with Gasteiger partial charge in [-0.15, -0.1) is 5.46 Å². The van der Waals surface area contributed by atoms with Crippen molar-refractivity contribution in [1.29, 1.82) is 0 Å². The molecule has 1 nitrogen and oxygen atoms in total. The Hall–Kier alpha value is 0.641. The van der Waals surface area contributed by atoms with E-state index in [0.717, 1.165) is 12.1 Å². The summed E-state index contributed by atoms with van der Waals surface area (Å²) in [5.74, 6) is 0. The standard InChI is InChI=1S/C7H8BF3N.K/c1-5-3-7(8(9,10)11)4-6(2)12-5;/h3-4H,1-2H3;/q-1;+1. The minimum atomic E-state index is -4.88. The summed E-state index contributed by atoms with van der Waals surface area (Å²) in [6.07, 6.45) is 0. The number of nitrogens with zero attached hydrogens (tertiary/aromatic N) is 1. The zero-order chi connectivity index (χ0) is 9.35. The summed E-state index contributed by atoms with van der Waals surface area (Å²) in [6.45, 7) is -1.77. The molecule has 1 aromatic heterocycles. The molecule has 13 heavy (non-hydrogen) atoms. The molecule has 0 bridgehead atoms. The summed E-state index contributed by atoms with van der Waals surface area (Å²) in [7, 11) is 0. The Morgan fingerprint density at radius 2 is 1.46 bits per heavy atom. The molecule has 0 amide bonds. The molecule has 1 rings (SSSR count). The molecule has 0 saturated heterocycles. The molecule has 1 heterocycles. The van der Waals surface area contributed by atoms with Crippen LogP contribution >= 0.6 is 0 Å². The summed E-state index contributed by atoms with van der Waals surface area (Å²) >= 11 is 0. The van der Waals surface area contributed by atoms with Crippen molar-refractivity contribution in [2.75, 3.05) is 0 Å². The third kappa shape index (κ3) is 4.12. The van der Waals surface area contributed by atoms with Gasteiger partial charge in [-0.05, 0) is 13.8 Å². The van der Waals surface area contributed by atoms with E-state index in [2.05, 4.69) is 4.98 Å². The van der Waals surface area contributed by atoms with Gasteiger partial charge in [0.05, 0.1) is 0 Å². The summed E-state index contributed by atoms with van der Waals surface area (Å²) in [5.41, 5.74) is 0.244. The van der Waals surface area contributed by atoms with Gasteiger partial charge in [0.25, 0.3) is 0 Å². The fraction of sp³-hybridized carbons (Fsp3) is 0.286. The van der Waals surface area contributed by atoms with Crippen LogP contribution in [0.15, 0.2) is 12.1 Å². The van der Waals surface area contributed by atoms with E-state index < -0.39 is 12.4 Å². The number of halogens is 3. The van der Waals surface area contributed by atoms with Crippen molar-refractivity contribution in [2.45, 2.75) is 13.8 Å². The quantitative estimate of drug-likeness (QED) is 0.531. The van der Waals surface area contributed by atoms with Crippen LogP contribution in [0.1, 0.15) is 11.4 Å². The van der Waals surface area contributed by atoms with Gasteiger partial charge < -0.3 is 12.9 Å². The summed E-state index contributed by atoms with van der Waals surface area (Å²) in [6, 6.07) is 2.12. The molecule has 0 fully saturated rings. The van der Waals surface area contributed by atoms with E-state index in [1.54, 1.807) is 13.8 Å². The molecule has 0 unspecified atom stereocenters. The van der Waals surface area contributed by atoms with Gasteiger partial charge in [-0.25, -0.2) is 0 Å². The predicted molar refractivity (Wildman–Crippen MR) is 42.4 cm³/mol. The zero-order valence-corrected chi connectivity index (χ0v) is 10.9. The van der Waals surface area contributed by atoms with E-state index in [-0.39, 0.29) is 51.4 Å². The van der Waals surface area contributed by atoms with Gasteiger partial charge in [-0.1, -0.05) is 12.1 Å². The van der Waals surface area contributed by atoms with Crippen molar-refractivity contribution in [1.82, 2.24) is 4.98 Å². The molecule has 0 aromatic carbocycles. The van der Waals surface area contributed by atoms with E-state index in [0.29, 0.717) is 11.4 Å². The summed E-state index contributed by atoms with van der Waals surface area (Å²) in [5, 5.41) is 0. The molecule has 0 radical (unpaired) electrons. The van der Waals surface area contributed by atoms with Crippen LogP contribution in [-0.4, -0.2) is 12.0 Å². The Balaban J connectivity index is 0.00000144. The molecule has 0 atom stereocenters. The van der Waals surface area contributed by atoms with E-state index in [4.69, 9.17) is 0 Å². The molecule has 66 valence electrons. The second-order valence-electron chi connectivity index (χ2n) is 2.76. The van der Waals surface area contributed by atoms with Gasteiger partial charge in [0.1, 0.15) is 0 Å². The second-order valence-corrected chi connectivity index (χ2v) is 2.76.